The highest BCUT2D eigenvalue weighted by atomic mass is 16.5. The Bertz CT molecular complexity index is 957. The number of carbonyl (C=O) groups excluding carboxylic acids is 1. The quantitative estimate of drug-likeness (QED) is 0.686. The summed E-state index contributed by atoms with van der Waals surface area (Å²) in [5.41, 5.74) is 3.73. The van der Waals surface area contributed by atoms with E-state index in [-0.39, 0.29) is 5.91 Å². The Morgan fingerprint density at radius 3 is 2.64 bits per heavy atom. The smallest absolute Gasteiger partial charge is 0.251 e. The van der Waals surface area contributed by atoms with Gasteiger partial charge in [0, 0.05) is 29.8 Å². The summed E-state index contributed by atoms with van der Waals surface area (Å²) in [4.78, 5) is 23.5. The largest absolute Gasteiger partial charge is 0.496 e. The zero-order valence-corrected chi connectivity index (χ0v) is 16.3. The average molecular weight is 376 g/mol. The highest BCUT2D eigenvalue weighted by Gasteiger charge is 2.11. The van der Waals surface area contributed by atoms with Gasteiger partial charge in [-0.1, -0.05) is 24.3 Å². The van der Waals surface area contributed by atoms with Gasteiger partial charge in [-0.25, -0.2) is 4.98 Å². The van der Waals surface area contributed by atoms with Crippen LogP contribution in [0.2, 0.25) is 0 Å². The monoisotopic (exact) mass is 376 g/mol. The average Bonchev–Trinajstić information content (AvgIpc) is 2.73. The Morgan fingerprint density at radius 1 is 1.07 bits per heavy atom. The molecule has 1 N–H and O–H groups in total. The molecule has 0 unspecified atom stereocenters. The molecule has 0 spiro atoms. The predicted octanol–water partition coefficient (Wildman–Crippen LogP) is 3.11. The fourth-order valence-corrected chi connectivity index (χ4v) is 2.81. The molecule has 28 heavy (non-hydrogen) atoms. The predicted molar refractivity (Wildman–Crippen MR) is 110 cm³/mol. The van der Waals surface area contributed by atoms with Gasteiger partial charge in [0.05, 0.1) is 30.9 Å². The van der Waals surface area contributed by atoms with E-state index in [4.69, 9.17) is 9.72 Å². The fourth-order valence-electron chi connectivity index (χ4n) is 2.81. The first-order valence-electron chi connectivity index (χ1n) is 9.07. The molecule has 0 aliphatic carbocycles. The third-order valence-electron chi connectivity index (χ3n) is 4.28. The van der Waals surface area contributed by atoms with Crippen molar-refractivity contribution >= 4 is 5.91 Å². The van der Waals surface area contributed by atoms with Gasteiger partial charge in [0.15, 0.2) is 0 Å². The first-order chi connectivity index (χ1) is 13.6. The van der Waals surface area contributed by atoms with Crippen molar-refractivity contribution in [2.24, 2.45) is 0 Å². The van der Waals surface area contributed by atoms with Crippen LogP contribution < -0.4 is 10.1 Å². The summed E-state index contributed by atoms with van der Waals surface area (Å²) in [6.45, 7) is 1.39. The lowest BCUT2D eigenvalue weighted by atomic mass is 10.1. The molecular weight excluding hydrogens is 352 g/mol. The highest BCUT2D eigenvalue weighted by Crippen LogP contribution is 2.29. The number of para-hydroxylation sites is 1. The Labute approximate surface area is 165 Å². The molecule has 0 atom stereocenters. The molecule has 3 aromatic rings. The van der Waals surface area contributed by atoms with Crippen LogP contribution in [0.3, 0.4) is 0 Å². The van der Waals surface area contributed by atoms with Crippen LogP contribution in [0.1, 0.15) is 10.4 Å². The number of hydrogen-bond acceptors (Lipinski definition) is 5. The molecule has 1 aromatic heterocycles. The topological polar surface area (TPSA) is 67.3 Å². The minimum atomic E-state index is -0.0995. The van der Waals surface area contributed by atoms with Gasteiger partial charge in [-0.15, -0.1) is 0 Å². The van der Waals surface area contributed by atoms with E-state index in [1.165, 1.54) is 0 Å². The molecular formula is C22H24N4O2. The molecule has 6 heteroatoms. The summed E-state index contributed by atoms with van der Waals surface area (Å²) in [6.07, 6.45) is 3.40. The van der Waals surface area contributed by atoms with E-state index in [0.29, 0.717) is 17.8 Å². The Kier molecular flexibility index (Phi) is 6.34. The van der Waals surface area contributed by atoms with Gasteiger partial charge in [0.2, 0.25) is 0 Å². The van der Waals surface area contributed by atoms with E-state index in [0.717, 1.165) is 29.1 Å². The van der Waals surface area contributed by atoms with Crippen LogP contribution >= 0.6 is 0 Å². The SMILES string of the molecule is COc1ccccc1-c1cncc(-c2cccc(C(=O)NCCN(C)C)c2)n1. The number of rotatable bonds is 7. The van der Waals surface area contributed by atoms with Crippen LogP contribution in [-0.4, -0.2) is 55.1 Å². The maximum absolute atomic E-state index is 12.4. The Balaban J connectivity index is 1.85. The van der Waals surface area contributed by atoms with E-state index >= 15 is 0 Å². The van der Waals surface area contributed by atoms with Crippen molar-refractivity contribution in [3.63, 3.8) is 0 Å². The molecule has 144 valence electrons. The molecule has 1 heterocycles. The third-order valence-corrected chi connectivity index (χ3v) is 4.28. The number of ether oxygens (including phenoxy) is 1. The van der Waals surface area contributed by atoms with Crippen molar-refractivity contribution in [1.82, 2.24) is 20.2 Å². The molecule has 3 rings (SSSR count). The van der Waals surface area contributed by atoms with E-state index in [2.05, 4.69) is 10.3 Å². The summed E-state index contributed by atoms with van der Waals surface area (Å²) in [6, 6.07) is 15.1. The zero-order valence-electron chi connectivity index (χ0n) is 16.3. The minimum absolute atomic E-state index is 0.0995. The lowest BCUT2D eigenvalue weighted by molar-refractivity contribution is 0.0951. The summed E-state index contributed by atoms with van der Waals surface area (Å²) in [7, 11) is 5.58. The van der Waals surface area contributed by atoms with Crippen LogP contribution in [0.5, 0.6) is 5.75 Å². The third kappa shape index (κ3) is 4.72. The van der Waals surface area contributed by atoms with Gasteiger partial charge >= 0.3 is 0 Å². The lowest BCUT2D eigenvalue weighted by Gasteiger charge is -2.11. The number of carbonyl (C=O) groups is 1. The maximum atomic E-state index is 12.4. The number of nitrogens with one attached hydrogen (secondary N) is 1. The highest BCUT2D eigenvalue weighted by molar-refractivity contribution is 5.95. The second-order valence-corrected chi connectivity index (χ2v) is 6.63. The van der Waals surface area contributed by atoms with E-state index < -0.39 is 0 Å². The molecule has 6 nitrogen and oxygen atoms in total. The summed E-state index contributed by atoms with van der Waals surface area (Å²) in [5.74, 6) is 0.639. The molecule has 0 radical (unpaired) electrons. The van der Waals surface area contributed by atoms with Crippen LogP contribution in [0.4, 0.5) is 0 Å². The van der Waals surface area contributed by atoms with Crippen LogP contribution in [0.15, 0.2) is 60.9 Å². The van der Waals surface area contributed by atoms with Crippen molar-refractivity contribution < 1.29 is 9.53 Å². The summed E-state index contributed by atoms with van der Waals surface area (Å²) in [5, 5.41) is 2.93. The number of likely N-dealkylation sites (N-methyl/N-ethyl adjacent to an activating group) is 1. The van der Waals surface area contributed by atoms with E-state index in [1.807, 2.05) is 61.5 Å². The first-order valence-corrected chi connectivity index (χ1v) is 9.07. The Hall–Kier alpha value is -3.25. The first kappa shape index (κ1) is 19.5. The molecule has 1 amide bonds. The number of benzene rings is 2. The van der Waals surface area contributed by atoms with Crippen molar-refractivity contribution in [3.8, 4) is 28.3 Å². The van der Waals surface area contributed by atoms with Gasteiger partial charge in [-0.3, -0.25) is 9.78 Å². The summed E-state index contributed by atoms with van der Waals surface area (Å²) >= 11 is 0. The number of hydrogen-bond donors (Lipinski definition) is 1. The van der Waals surface area contributed by atoms with Gasteiger partial charge in [-0.05, 0) is 38.4 Å². The number of nitrogens with zero attached hydrogens (tertiary/aromatic N) is 3. The zero-order chi connectivity index (χ0) is 19.9. The van der Waals surface area contributed by atoms with Crippen molar-refractivity contribution in [3.05, 3.63) is 66.5 Å². The number of amides is 1. The molecule has 0 aliphatic rings. The number of methoxy groups -OCH3 is 1. The van der Waals surface area contributed by atoms with Crippen molar-refractivity contribution in [2.75, 3.05) is 34.3 Å². The van der Waals surface area contributed by atoms with Crippen LogP contribution in [-0.2, 0) is 0 Å². The van der Waals surface area contributed by atoms with Gasteiger partial charge in [-0.2, -0.15) is 0 Å². The van der Waals surface area contributed by atoms with Gasteiger partial charge in [0.25, 0.3) is 5.91 Å². The van der Waals surface area contributed by atoms with Gasteiger partial charge in [0.1, 0.15) is 5.75 Å². The minimum Gasteiger partial charge on any atom is -0.496 e. The molecule has 0 fully saturated rings. The number of aromatic nitrogens is 2. The molecule has 2 aromatic carbocycles. The summed E-state index contributed by atoms with van der Waals surface area (Å²) < 4.78 is 5.43. The molecule has 0 aliphatic heterocycles. The molecule has 0 saturated heterocycles. The van der Waals surface area contributed by atoms with Crippen molar-refractivity contribution in [1.29, 1.82) is 0 Å². The van der Waals surface area contributed by atoms with E-state index in [1.54, 1.807) is 25.6 Å². The van der Waals surface area contributed by atoms with E-state index in [9.17, 15) is 4.79 Å². The van der Waals surface area contributed by atoms with Crippen LogP contribution in [0.25, 0.3) is 22.5 Å². The Morgan fingerprint density at radius 2 is 1.86 bits per heavy atom. The molecule has 0 saturated carbocycles. The molecule has 0 bridgehead atoms. The lowest BCUT2D eigenvalue weighted by Crippen LogP contribution is -2.31. The van der Waals surface area contributed by atoms with Gasteiger partial charge < -0.3 is 15.0 Å². The normalized spacial score (nSPS) is 10.7. The standard InChI is InChI=1S/C22H24N4O2/c1-26(2)12-11-24-22(27)17-8-6-7-16(13-17)19-14-23-15-20(25-19)18-9-4-5-10-21(18)28-3/h4-10,13-15H,11-12H2,1-3H3,(H,24,27). The second kappa shape index (κ2) is 9.10. The fraction of sp³-hybridized carbons (Fsp3) is 0.227. The van der Waals surface area contributed by atoms with Crippen LogP contribution in [0, 0.1) is 0 Å². The maximum Gasteiger partial charge on any atom is 0.251 e. The van der Waals surface area contributed by atoms with Crippen molar-refractivity contribution in [2.45, 2.75) is 0 Å². The second-order valence-electron chi connectivity index (χ2n) is 6.63.